The van der Waals surface area contributed by atoms with Gasteiger partial charge in [0.1, 0.15) is 0 Å². The highest BCUT2D eigenvalue weighted by Crippen LogP contribution is 2.29. The lowest BCUT2D eigenvalue weighted by atomic mass is 9.83. The molecule has 104 valence electrons. The summed E-state index contributed by atoms with van der Waals surface area (Å²) in [5.74, 6) is 1.24. The van der Waals surface area contributed by atoms with Gasteiger partial charge in [0.25, 0.3) is 0 Å². The van der Waals surface area contributed by atoms with Crippen molar-refractivity contribution in [1.82, 2.24) is 4.90 Å². The molecule has 0 spiro atoms. The molecule has 1 aliphatic heterocycles. The summed E-state index contributed by atoms with van der Waals surface area (Å²) < 4.78 is 0. The van der Waals surface area contributed by atoms with Crippen molar-refractivity contribution in [3.63, 3.8) is 0 Å². The van der Waals surface area contributed by atoms with E-state index in [4.69, 9.17) is 5.73 Å². The first-order chi connectivity index (χ1) is 8.91. The Morgan fingerprint density at radius 3 is 2.58 bits per heavy atom. The van der Waals surface area contributed by atoms with E-state index in [0.29, 0.717) is 5.25 Å². The van der Waals surface area contributed by atoms with E-state index in [1.165, 1.54) is 0 Å². The van der Waals surface area contributed by atoms with Crippen LogP contribution in [0.2, 0.25) is 0 Å². The molecule has 1 heterocycles. The van der Waals surface area contributed by atoms with Crippen LogP contribution >= 0.6 is 11.8 Å². The van der Waals surface area contributed by atoms with Crippen molar-refractivity contribution in [3.05, 3.63) is 29.8 Å². The fourth-order valence-electron chi connectivity index (χ4n) is 2.42. The molecule has 0 radical (unpaired) electrons. The summed E-state index contributed by atoms with van der Waals surface area (Å²) in [5.41, 5.74) is 6.98. The van der Waals surface area contributed by atoms with Crippen LogP contribution < -0.4 is 5.73 Å². The average Bonchev–Trinajstić information content (AvgIpc) is 2.38. The Kier molecular flexibility index (Phi) is 4.09. The smallest absolute Gasteiger partial charge is 0.232 e. The number of thioether (sulfide) groups is 1. The molecule has 0 aromatic heterocycles. The van der Waals surface area contributed by atoms with Gasteiger partial charge < -0.3 is 10.6 Å². The van der Waals surface area contributed by atoms with E-state index in [9.17, 15) is 4.79 Å². The number of rotatable bonds is 2. The first-order valence-corrected chi connectivity index (χ1v) is 7.73. The van der Waals surface area contributed by atoms with Gasteiger partial charge in [-0.25, -0.2) is 0 Å². The lowest BCUT2D eigenvalue weighted by Crippen LogP contribution is -2.48. The number of anilines is 1. The van der Waals surface area contributed by atoms with E-state index in [2.05, 4.69) is 6.92 Å². The van der Waals surface area contributed by atoms with Crippen LogP contribution in [0.4, 0.5) is 5.69 Å². The molecule has 19 heavy (non-hydrogen) atoms. The monoisotopic (exact) mass is 278 g/mol. The zero-order valence-electron chi connectivity index (χ0n) is 11.8. The highest BCUT2D eigenvalue weighted by Gasteiger charge is 2.35. The zero-order valence-corrected chi connectivity index (χ0v) is 12.7. The molecule has 0 bridgehead atoms. The van der Waals surface area contributed by atoms with E-state index >= 15 is 0 Å². The van der Waals surface area contributed by atoms with Gasteiger partial charge in [-0.1, -0.05) is 19.1 Å². The van der Waals surface area contributed by atoms with E-state index in [1.807, 2.05) is 54.8 Å². The Labute approximate surface area is 119 Å². The van der Waals surface area contributed by atoms with Gasteiger partial charge >= 0.3 is 0 Å². The van der Waals surface area contributed by atoms with Crippen LogP contribution in [0.25, 0.3) is 0 Å². The third-order valence-corrected chi connectivity index (χ3v) is 4.83. The molecule has 1 fully saturated rings. The summed E-state index contributed by atoms with van der Waals surface area (Å²) in [4.78, 5) is 14.7. The average molecular weight is 278 g/mol. The van der Waals surface area contributed by atoms with E-state index in [0.717, 1.165) is 30.1 Å². The van der Waals surface area contributed by atoms with Crippen LogP contribution in [0.15, 0.2) is 24.3 Å². The number of hydrogen-bond donors (Lipinski definition) is 1. The second-order valence-electron chi connectivity index (χ2n) is 5.68. The Bertz CT molecular complexity index is 456. The standard InChI is InChI=1S/C15H22N2OS/c1-11-10-17(8-9-19-11)14(18)15(2,3)12-4-6-13(16)7-5-12/h4-7,11H,8-10,16H2,1-3H3. The van der Waals surface area contributed by atoms with E-state index in [-0.39, 0.29) is 5.91 Å². The number of carbonyl (C=O) groups is 1. The summed E-state index contributed by atoms with van der Waals surface area (Å²) in [5, 5.41) is 0.528. The number of carbonyl (C=O) groups excluding carboxylic acids is 1. The number of amides is 1. The molecule has 4 heteroatoms. The number of benzene rings is 1. The molecule has 0 saturated carbocycles. The molecular weight excluding hydrogens is 256 g/mol. The molecule has 1 aromatic rings. The lowest BCUT2D eigenvalue weighted by molar-refractivity contribution is -0.136. The van der Waals surface area contributed by atoms with Crippen LogP contribution in [-0.2, 0) is 10.2 Å². The number of nitrogens with two attached hydrogens (primary N) is 1. The molecule has 2 N–H and O–H groups in total. The maximum absolute atomic E-state index is 12.7. The molecule has 2 rings (SSSR count). The van der Waals surface area contributed by atoms with Crippen molar-refractivity contribution in [3.8, 4) is 0 Å². The molecule has 1 aromatic carbocycles. The summed E-state index contributed by atoms with van der Waals surface area (Å²) in [6.07, 6.45) is 0. The van der Waals surface area contributed by atoms with Crippen LogP contribution in [0.5, 0.6) is 0 Å². The maximum atomic E-state index is 12.7. The third kappa shape index (κ3) is 3.06. The zero-order chi connectivity index (χ0) is 14.0. The van der Waals surface area contributed by atoms with E-state index in [1.54, 1.807) is 0 Å². The first kappa shape index (κ1) is 14.3. The minimum Gasteiger partial charge on any atom is -0.399 e. The van der Waals surface area contributed by atoms with E-state index < -0.39 is 5.41 Å². The fraction of sp³-hybridized carbons (Fsp3) is 0.533. The maximum Gasteiger partial charge on any atom is 0.232 e. The summed E-state index contributed by atoms with van der Waals surface area (Å²) in [6.45, 7) is 7.87. The van der Waals surface area contributed by atoms with Crippen molar-refractivity contribution in [2.24, 2.45) is 0 Å². The Hall–Kier alpha value is -1.16. The third-order valence-electron chi connectivity index (χ3n) is 3.70. The predicted molar refractivity (Wildman–Crippen MR) is 82.4 cm³/mol. The second kappa shape index (κ2) is 5.45. The largest absolute Gasteiger partial charge is 0.399 e. The topological polar surface area (TPSA) is 46.3 Å². The Morgan fingerprint density at radius 1 is 1.37 bits per heavy atom. The van der Waals surface area contributed by atoms with Gasteiger partial charge in [0.2, 0.25) is 5.91 Å². The molecule has 1 saturated heterocycles. The van der Waals surface area contributed by atoms with Gasteiger partial charge in [-0.3, -0.25) is 4.79 Å². The van der Waals surface area contributed by atoms with Crippen molar-refractivity contribution >= 4 is 23.4 Å². The lowest BCUT2D eigenvalue weighted by Gasteiger charge is -2.36. The van der Waals surface area contributed by atoms with Crippen molar-refractivity contribution in [1.29, 1.82) is 0 Å². The molecule has 0 aliphatic carbocycles. The first-order valence-electron chi connectivity index (χ1n) is 6.68. The Morgan fingerprint density at radius 2 is 2.00 bits per heavy atom. The van der Waals surface area contributed by atoms with Crippen LogP contribution in [0.3, 0.4) is 0 Å². The molecular formula is C15H22N2OS. The van der Waals surface area contributed by atoms with Crippen molar-refractivity contribution in [2.75, 3.05) is 24.6 Å². The normalized spacial score (nSPS) is 20.4. The van der Waals surface area contributed by atoms with Gasteiger partial charge in [-0.05, 0) is 31.5 Å². The number of nitrogen functional groups attached to an aromatic ring is 1. The summed E-state index contributed by atoms with van der Waals surface area (Å²) >= 11 is 1.94. The van der Waals surface area contributed by atoms with Crippen LogP contribution in [-0.4, -0.2) is 34.9 Å². The molecule has 1 unspecified atom stereocenters. The van der Waals surface area contributed by atoms with Gasteiger partial charge in [0.05, 0.1) is 5.41 Å². The predicted octanol–water partition coefficient (Wildman–Crippen LogP) is 2.51. The molecule has 3 nitrogen and oxygen atoms in total. The minimum absolute atomic E-state index is 0.212. The van der Waals surface area contributed by atoms with Gasteiger partial charge in [-0.15, -0.1) is 0 Å². The highest BCUT2D eigenvalue weighted by atomic mass is 32.2. The van der Waals surface area contributed by atoms with Gasteiger partial charge in [-0.2, -0.15) is 11.8 Å². The van der Waals surface area contributed by atoms with Crippen LogP contribution in [0, 0.1) is 0 Å². The fourth-order valence-corrected chi connectivity index (χ4v) is 3.43. The second-order valence-corrected chi connectivity index (χ2v) is 7.23. The van der Waals surface area contributed by atoms with Crippen LogP contribution in [0.1, 0.15) is 26.3 Å². The highest BCUT2D eigenvalue weighted by molar-refractivity contribution is 7.99. The summed E-state index contributed by atoms with van der Waals surface area (Å²) in [7, 11) is 0. The minimum atomic E-state index is -0.491. The van der Waals surface area contributed by atoms with Crippen molar-refractivity contribution in [2.45, 2.75) is 31.4 Å². The number of hydrogen-bond acceptors (Lipinski definition) is 3. The Balaban J connectivity index is 2.18. The molecule has 1 atom stereocenters. The van der Waals surface area contributed by atoms with Crippen molar-refractivity contribution < 1.29 is 4.79 Å². The quantitative estimate of drug-likeness (QED) is 0.846. The SMILES string of the molecule is CC1CN(C(=O)C(C)(C)c2ccc(N)cc2)CCS1. The molecule has 1 aliphatic rings. The number of nitrogens with zero attached hydrogens (tertiary/aromatic N) is 1. The van der Waals surface area contributed by atoms with Gasteiger partial charge in [0.15, 0.2) is 0 Å². The summed E-state index contributed by atoms with van der Waals surface area (Å²) in [6, 6.07) is 7.63. The molecule has 1 amide bonds. The van der Waals surface area contributed by atoms with Gasteiger partial charge in [0, 0.05) is 29.8 Å².